The van der Waals surface area contributed by atoms with Gasteiger partial charge in [-0.15, -0.1) is 0 Å². The fourth-order valence-electron chi connectivity index (χ4n) is 1.53. The zero-order valence-corrected chi connectivity index (χ0v) is 12.1. The lowest BCUT2D eigenvalue weighted by Crippen LogP contribution is -2.08. The molecule has 1 heterocycles. The van der Waals surface area contributed by atoms with Crippen LogP contribution in [0.25, 0.3) is 0 Å². The summed E-state index contributed by atoms with van der Waals surface area (Å²) in [5.74, 6) is 5.74. The highest BCUT2D eigenvalue weighted by molar-refractivity contribution is 6.42. The van der Waals surface area contributed by atoms with E-state index in [0.29, 0.717) is 5.82 Å². The lowest BCUT2D eigenvalue weighted by molar-refractivity contribution is -0.385. The molecule has 0 atom stereocenters. The molecule has 0 amide bonds. The minimum Gasteiger partial charge on any atom is -0.482 e. The van der Waals surface area contributed by atoms with Crippen molar-refractivity contribution in [3.63, 3.8) is 0 Å². The van der Waals surface area contributed by atoms with Gasteiger partial charge in [0.15, 0.2) is 5.75 Å². The Balaban J connectivity index is 2.18. The number of nitrogens with two attached hydrogens (primary N) is 1. The molecule has 0 saturated heterocycles. The molecule has 110 valence electrons. The molecule has 0 aliphatic heterocycles. The van der Waals surface area contributed by atoms with Crippen molar-refractivity contribution in [1.82, 2.24) is 4.98 Å². The summed E-state index contributed by atoms with van der Waals surface area (Å²) in [5, 5.41) is 11.2. The van der Waals surface area contributed by atoms with E-state index >= 15 is 0 Å². The number of halogens is 2. The molecule has 21 heavy (non-hydrogen) atoms. The Bertz CT molecular complexity index is 664. The Morgan fingerprint density at radius 3 is 2.62 bits per heavy atom. The Labute approximate surface area is 129 Å². The van der Waals surface area contributed by atoms with Crippen LogP contribution in [0.1, 0.15) is 5.56 Å². The van der Waals surface area contributed by atoms with E-state index in [9.17, 15) is 10.1 Å². The van der Waals surface area contributed by atoms with E-state index in [1.54, 1.807) is 18.3 Å². The van der Waals surface area contributed by atoms with Crippen molar-refractivity contribution in [2.24, 2.45) is 5.84 Å². The van der Waals surface area contributed by atoms with Crippen molar-refractivity contribution in [3.05, 3.63) is 56.2 Å². The SMILES string of the molecule is NNc1ccc(COc2cc(Cl)c(Cl)cc2[N+](=O)[O-])cn1. The number of ether oxygens (including phenoxy) is 1. The molecule has 3 N–H and O–H groups in total. The van der Waals surface area contributed by atoms with Crippen LogP contribution >= 0.6 is 23.2 Å². The molecule has 0 aliphatic carbocycles. The first-order valence-electron chi connectivity index (χ1n) is 5.69. The monoisotopic (exact) mass is 328 g/mol. The second kappa shape index (κ2) is 6.57. The maximum atomic E-state index is 11.0. The van der Waals surface area contributed by atoms with Crippen molar-refractivity contribution < 1.29 is 9.66 Å². The van der Waals surface area contributed by atoms with Gasteiger partial charge in [-0.1, -0.05) is 29.3 Å². The highest BCUT2D eigenvalue weighted by atomic mass is 35.5. The molecule has 0 unspecified atom stereocenters. The summed E-state index contributed by atoms with van der Waals surface area (Å²) in [6.07, 6.45) is 1.54. The number of aromatic nitrogens is 1. The topological polar surface area (TPSA) is 103 Å². The summed E-state index contributed by atoms with van der Waals surface area (Å²) < 4.78 is 5.42. The molecular weight excluding hydrogens is 319 g/mol. The number of nitrogen functional groups attached to an aromatic ring is 1. The molecular formula is C12H10Cl2N4O3. The third-order valence-electron chi connectivity index (χ3n) is 2.57. The first-order chi connectivity index (χ1) is 10.0. The molecule has 0 fully saturated rings. The van der Waals surface area contributed by atoms with Gasteiger partial charge in [-0.3, -0.25) is 10.1 Å². The van der Waals surface area contributed by atoms with E-state index in [0.717, 1.165) is 11.6 Å². The number of nitrogens with one attached hydrogen (secondary N) is 1. The second-order valence-electron chi connectivity index (χ2n) is 3.98. The average molecular weight is 329 g/mol. The van der Waals surface area contributed by atoms with Crippen LogP contribution in [0, 0.1) is 10.1 Å². The fourth-order valence-corrected chi connectivity index (χ4v) is 1.84. The Morgan fingerprint density at radius 1 is 1.33 bits per heavy atom. The number of nitro benzene ring substituents is 1. The van der Waals surface area contributed by atoms with Gasteiger partial charge >= 0.3 is 5.69 Å². The van der Waals surface area contributed by atoms with Gasteiger partial charge in [0.1, 0.15) is 12.4 Å². The Hall–Kier alpha value is -2.09. The van der Waals surface area contributed by atoms with Gasteiger partial charge in [0.2, 0.25) is 0 Å². The van der Waals surface area contributed by atoms with Gasteiger partial charge in [-0.2, -0.15) is 0 Å². The minimum absolute atomic E-state index is 0.0374. The van der Waals surface area contributed by atoms with Crippen molar-refractivity contribution >= 4 is 34.7 Å². The number of hydrogen-bond acceptors (Lipinski definition) is 6. The molecule has 9 heteroatoms. The van der Waals surface area contributed by atoms with Crippen LogP contribution in [0.15, 0.2) is 30.5 Å². The van der Waals surface area contributed by atoms with Crippen LogP contribution in [0.4, 0.5) is 11.5 Å². The van der Waals surface area contributed by atoms with Gasteiger partial charge in [0, 0.05) is 23.9 Å². The largest absolute Gasteiger partial charge is 0.482 e. The molecule has 7 nitrogen and oxygen atoms in total. The van der Waals surface area contributed by atoms with E-state index in [1.807, 2.05) is 0 Å². The zero-order valence-electron chi connectivity index (χ0n) is 10.5. The third kappa shape index (κ3) is 3.72. The molecule has 2 aromatic rings. The van der Waals surface area contributed by atoms with Gasteiger partial charge in [0.25, 0.3) is 0 Å². The van der Waals surface area contributed by atoms with Gasteiger partial charge < -0.3 is 10.2 Å². The van der Waals surface area contributed by atoms with E-state index in [2.05, 4.69) is 10.4 Å². The fraction of sp³-hybridized carbons (Fsp3) is 0.0833. The van der Waals surface area contributed by atoms with Crippen LogP contribution in [0.3, 0.4) is 0 Å². The third-order valence-corrected chi connectivity index (χ3v) is 3.29. The smallest absolute Gasteiger partial charge is 0.312 e. The van der Waals surface area contributed by atoms with Crippen molar-refractivity contribution in [1.29, 1.82) is 0 Å². The van der Waals surface area contributed by atoms with Crippen LogP contribution in [0.2, 0.25) is 10.0 Å². The van der Waals surface area contributed by atoms with Gasteiger partial charge in [-0.05, 0) is 6.07 Å². The summed E-state index contributed by atoms with van der Waals surface area (Å²) in [7, 11) is 0. The summed E-state index contributed by atoms with van der Waals surface area (Å²) in [6, 6.07) is 5.84. The minimum atomic E-state index is -0.586. The number of anilines is 1. The number of rotatable bonds is 5. The molecule has 1 aromatic heterocycles. The predicted molar refractivity (Wildman–Crippen MR) is 79.5 cm³/mol. The van der Waals surface area contributed by atoms with Crippen LogP contribution in [-0.2, 0) is 6.61 Å². The number of nitro groups is 1. The molecule has 0 bridgehead atoms. The predicted octanol–water partition coefficient (Wildman–Crippen LogP) is 3.16. The second-order valence-corrected chi connectivity index (χ2v) is 4.79. The van der Waals surface area contributed by atoms with E-state index in [4.69, 9.17) is 33.8 Å². The van der Waals surface area contributed by atoms with Crippen molar-refractivity contribution in [2.45, 2.75) is 6.61 Å². The van der Waals surface area contributed by atoms with Crippen LogP contribution in [-0.4, -0.2) is 9.91 Å². The molecule has 0 radical (unpaired) electrons. The summed E-state index contributed by atoms with van der Waals surface area (Å²) in [6.45, 7) is 0.0939. The van der Waals surface area contributed by atoms with Crippen molar-refractivity contribution in [3.8, 4) is 5.75 Å². The number of nitrogens with zero attached hydrogens (tertiary/aromatic N) is 2. The van der Waals surface area contributed by atoms with Crippen LogP contribution < -0.4 is 16.0 Å². The number of benzene rings is 1. The van der Waals surface area contributed by atoms with E-state index in [-0.39, 0.29) is 28.1 Å². The lowest BCUT2D eigenvalue weighted by Gasteiger charge is -2.08. The normalized spacial score (nSPS) is 10.2. The summed E-state index contributed by atoms with van der Waals surface area (Å²) in [5.41, 5.74) is 2.86. The molecule has 0 spiro atoms. The first kappa shape index (κ1) is 15.3. The number of hydrazine groups is 1. The first-order valence-corrected chi connectivity index (χ1v) is 6.44. The Morgan fingerprint density at radius 2 is 2.05 bits per heavy atom. The molecule has 0 aliphatic rings. The van der Waals surface area contributed by atoms with Gasteiger partial charge in [-0.25, -0.2) is 10.8 Å². The van der Waals surface area contributed by atoms with E-state index < -0.39 is 4.92 Å². The maximum absolute atomic E-state index is 11.0. The number of hydrogen-bond donors (Lipinski definition) is 2. The van der Waals surface area contributed by atoms with Crippen LogP contribution in [0.5, 0.6) is 5.75 Å². The zero-order chi connectivity index (χ0) is 15.4. The lowest BCUT2D eigenvalue weighted by atomic mass is 10.3. The standard InChI is InChI=1S/C12H10Cl2N4O3/c13-8-3-10(18(19)20)11(4-9(8)14)21-6-7-1-2-12(17-15)16-5-7/h1-5H,6,15H2,(H,16,17). The summed E-state index contributed by atoms with van der Waals surface area (Å²) >= 11 is 11.6. The highest BCUT2D eigenvalue weighted by Crippen LogP contribution is 2.36. The van der Waals surface area contributed by atoms with Crippen molar-refractivity contribution in [2.75, 3.05) is 5.43 Å². The maximum Gasteiger partial charge on any atom is 0.312 e. The van der Waals surface area contributed by atoms with E-state index in [1.165, 1.54) is 6.07 Å². The summed E-state index contributed by atoms with van der Waals surface area (Å²) in [4.78, 5) is 14.4. The Kier molecular flexibility index (Phi) is 4.79. The highest BCUT2D eigenvalue weighted by Gasteiger charge is 2.18. The molecule has 0 saturated carbocycles. The molecule has 2 rings (SSSR count). The molecule has 1 aromatic carbocycles. The number of pyridine rings is 1. The average Bonchev–Trinajstić information content (AvgIpc) is 2.48. The van der Waals surface area contributed by atoms with Gasteiger partial charge in [0.05, 0.1) is 15.0 Å². The quantitative estimate of drug-likeness (QED) is 0.496.